The first-order valence-electron chi connectivity index (χ1n) is 13.7. The molecule has 1 unspecified atom stereocenters. The van der Waals surface area contributed by atoms with E-state index in [9.17, 15) is 4.79 Å². The molecule has 186 valence electrons. The van der Waals surface area contributed by atoms with E-state index in [1.54, 1.807) is 0 Å². The first-order valence-corrected chi connectivity index (χ1v) is 13.7. The van der Waals surface area contributed by atoms with E-state index in [-0.39, 0.29) is 5.92 Å². The standard InChI is InChI=1S/C30H44N2O2/c1-21-16-22(2)20-32(19-21)15-8-7-14-29(33)26-12-9-11-25(17-26)18-28-24(4)34-30(31-28)27-13-6-5-10-23(27)3/h5-6,10,13,21-22,25-26H,7-9,11-12,14-20H2,1-4H3/t21-,22+,25?,26-/m1/s1. The van der Waals surface area contributed by atoms with Gasteiger partial charge < -0.3 is 9.32 Å². The van der Waals surface area contributed by atoms with E-state index in [0.717, 1.165) is 86.2 Å². The van der Waals surface area contributed by atoms with E-state index >= 15 is 0 Å². The van der Waals surface area contributed by atoms with Gasteiger partial charge in [-0.3, -0.25) is 4.79 Å². The van der Waals surface area contributed by atoms with Crippen LogP contribution in [0.1, 0.15) is 82.2 Å². The second-order valence-corrected chi connectivity index (χ2v) is 11.4. The number of nitrogens with zero attached hydrogens (tertiary/aromatic N) is 2. The van der Waals surface area contributed by atoms with Crippen LogP contribution in [0.25, 0.3) is 11.5 Å². The first-order chi connectivity index (χ1) is 16.4. The lowest BCUT2D eigenvalue weighted by atomic mass is 9.76. The number of carbonyl (C=O) groups is 1. The third kappa shape index (κ3) is 6.59. The highest BCUT2D eigenvalue weighted by atomic mass is 16.4. The summed E-state index contributed by atoms with van der Waals surface area (Å²) < 4.78 is 6.04. The molecule has 1 aliphatic heterocycles. The van der Waals surface area contributed by atoms with Crippen LogP contribution < -0.4 is 0 Å². The Bertz CT molecular complexity index is 939. The number of hydrogen-bond donors (Lipinski definition) is 0. The van der Waals surface area contributed by atoms with Gasteiger partial charge in [-0.25, -0.2) is 4.98 Å². The molecule has 2 fully saturated rings. The van der Waals surface area contributed by atoms with Gasteiger partial charge in [0, 0.05) is 31.0 Å². The molecule has 1 aromatic carbocycles. The average Bonchev–Trinajstić information content (AvgIpc) is 3.16. The zero-order valence-electron chi connectivity index (χ0n) is 21.8. The topological polar surface area (TPSA) is 46.3 Å². The Hall–Kier alpha value is -1.94. The summed E-state index contributed by atoms with van der Waals surface area (Å²) in [5, 5.41) is 0. The second kappa shape index (κ2) is 11.7. The molecule has 0 N–H and O–H groups in total. The van der Waals surface area contributed by atoms with Gasteiger partial charge in [0.15, 0.2) is 0 Å². The smallest absolute Gasteiger partial charge is 0.226 e. The van der Waals surface area contributed by atoms with Gasteiger partial charge in [-0.15, -0.1) is 0 Å². The molecular formula is C30H44N2O2. The number of benzene rings is 1. The number of unbranched alkanes of at least 4 members (excludes halogenated alkanes) is 1. The maximum Gasteiger partial charge on any atom is 0.226 e. The maximum atomic E-state index is 13.0. The highest BCUT2D eigenvalue weighted by Crippen LogP contribution is 2.34. The summed E-state index contributed by atoms with van der Waals surface area (Å²) >= 11 is 0. The minimum atomic E-state index is 0.247. The Labute approximate surface area is 206 Å². The molecule has 1 saturated carbocycles. The van der Waals surface area contributed by atoms with Crippen LogP contribution in [0.15, 0.2) is 28.7 Å². The lowest BCUT2D eigenvalue weighted by Gasteiger charge is -2.35. The van der Waals surface area contributed by atoms with Crippen LogP contribution in [0.5, 0.6) is 0 Å². The maximum absolute atomic E-state index is 13.0. The summed E-state index contributed by atoms with van der Waals surface area (Å²) in [4.78, 5) is 20.5. The largest absolute Gasteiger partial charge is 0.441 e. The van der Waals surface area contributed by atoms with E-state index in [0.29, 0.717) is 11.7 Å². The average molecular weight is 465 g/mol. The van der Waals surface area contributed by atoms with Crippen molar-refractivity contribution in [3.63, 3.8) is 0 Å². The fourth-order valence-electron chi connectivity index (χ4n) is 6.40. The van der Waals surface area contributed by atoms with E-state index in [4.69, 9.17) is 9.40 Å². The monoisotopic (exact) mass is 464 g/mol. The van der Waals surface area contributed by atoms with Crippen molar-refractivity contribution in [3.05, 3.63) is 41.3 Å². The minimum absolute atomic E-state index is 0.247. The summed E-state index contributed by atoms with van der Waals surface area (Å²) in [6.45, 7) is 12.5. The fraction of sp³-hybridized carbons (Fsp3) is 0.667. The van der Waals surface area contributed by atoms with Crippen molar-refractivity contribution >= 4 is 5.78 Å². The van der Waals surface area contributed by atoms with Crippen molar-refractivity contribution < 1.29 is 9.21 Å². The normalized spacial score (nSPS) is 26.0. The van der Waals surface area contributed by atoms with Crippen LogP contribution in [0, 0.1) is 37.5 Å². The molecule has 0 amide bonds. The summed E-state index contributed by atoms with van der Waals surface area (Å²) in [6, 6.07) is 8.25. The van der Waals surface area contributed by atoms with Gasteiger partial charge in [-0.05, 0) is 88.3 Å². The molecule has 4 nitrogen and oxygen atoms in total. The quantitative estimate of drug-likeness (QED) is 0.374. The van der Waals surface area contributed by atoms with Crippen LogP contribution in [-0.2, 0) is 11.2 Å². The minimum Gasteiger partial charge on any atom is -0.441 e. The molecule has 0 spiro atoms. The van der Waals surface area contributed by atoms with Crippen molar-refractivity contribution in [1.82, 2.24) is 9.88 Å². The van der Waals surface area contributed by atoms with Gasteiger partial charge >= 0.3 is 0 Å². The Morgan fingerprint density at radius 1 is 1.06 bits per heavy atom. The van der Waals surface area contributed by atoms with Crippen LogP contribution >= 0.6 is 0 Å². The van der Waals surface area contributed by atoms with Crippen LogP contribution in [0.3, 0.4) is 0 Å². The number of hydrogen-bond acceptors (Lipinski definition) is 4. The van der Waals surface area contributed by atoms with E-state index in [1.165, 1.54) is 31.5 Å². The van der Waals surface area contributed by atoms with Crippen molar-refractivity contribution in [2.24, 2.45) is 23.7 Å². The molecule has 0 bridgehead atoms. The number of rotatable bonds is 9. The van der Waals surface area contributed by atoms with Crippen LogP contribution in [0.4, 0.5) is 0 Å². The van der Waals surface area contributed by atoms with Crippen molar-refractivity contribution in [1.29, 1.82) is 0 Å². The van der Waals surface area contributed by atoms with Crippen LogP contribution in [0.2, 0.25) is 0 Å². The molecule has 2 aliphatic rings. The van der Waals surface area contributed by atoms with Gasteiger partial charge in [0.05, 0.1) is 5.69 Å². The number of likely N-dealkylation sites (tertiary alicyclic amines) is 1. The van der Waals surface area contributed by atoms with Gasteiger partial charge in [0.1, 0.15) is 11.5 Å². The Morgan fingerprint density at radius 3 is 2.59 bits per heavy atom. The third-order valence-electron chi connectivity index (χ3n) is 8.08. The van der Waals surface area contributed by atoms with Gasteiger partial charge in [0.2, 0.25) is 5.89 Å². The number of aromatic nitrogens is 1. The van der Waals surface area contributed by atoms with Crippen molar-refractivity contribution in [3.8, 4) is 11.5 Å². The predicted octanol–water partition coefficient (Wildman–Crippen LogP) is 7.02. The lowest BCUT2D eigenvalue weighted by molar-refractivity contribution is -0.124. The summed E-state index contributed by atoms with van der Waals surface area (Å²) in [5.41, 5.74) is 3.33. The van der Waals surface area contributed by atoms with Gasteiger partial charge in [-0.2, -0.15) is 0 Å². The zero-order chi connectivity index (χ0) is 24.1. The third-order valence-corrected chi connectivity index (χ3v) is 8.08. The molecule has 1 saturated heterocycles. The SMILES string of the molecule is Cc1ccccc1-c1nc(CC2CCC[C@@H](C(=O)CCCCN3C[C@H](C)C[C@H](C)C3)C2)c(C)o1. The number of carbonyl (C=O) groups excluding carboxylic acids is 1. The van der Waals surface area contributed by atoms with Gasteiger partial charge in [-0.1, -0.05) is 44.9 Å². The number of ketones is 1. The van der Waals surface area contributed by atoms with E-state index < -0.39 is 0 Å². The molecule has 1 aromatic heterocycles. The van der Waals surface area contributed by atoms with E-state index in [1.807, 2.05) is 19.1 Å². The van der Waals surface area contributed by atoms with Gasteiger partial charge in [0.25, 0.3) is 0 Å². The number of oxazole rings is 1. The Kier molecular flexibility index (Phi) is 8.63. The first kappa shape index (κ1) is 25.2. The van der Waals surface area contributed by atoms with Crippen molar-refractivity contribution in [2.75, 3.05) is 19.6 Å². The van der Waals surface area contributed by atoms with Crippen molar-refractivity contribution in [2.45, 2.75) is 85.5 Å². The van der Waals surface area contributed by atoms with Crippen LogP contribution in [-0.4, -0.2) is 35.3 Å². The lowest BCUT2D eigenvalue weighted by Crippen LogP contribution is -2.39. The molecular weight excluding hydrogens is 420 g/mol. The highest BCUT2D eigenvalue weighted by molar-refractivity contribution is 5.81. The molecule has 0 radical (unpaired) electrons. The molecule has 2 heterocycles. The Balaban J connectivity index is 1.24. The molecule has 34 heavy (non-hydrogen) atoms. The molecule has 4 rings (SSSR count). The van der Waals surface area contributed by atoms with E-state index in [2.05, 4.69) is 37.8 Å². The molecule has 4 atom stereocenters. The Morgan fingerprint density at radius 2 is 1.82 bits per heavy atom. The number of aryl methyl sites for hydroxylation is 2. The highest BCUT2D eigenvalue weighted by Gasteiger charge is 2.28. The fourth-order valence-corrected chi connectivity index (χ4v) is 6.40. The molecule has 2 aromatic rings. The second-order valence-electron chi connectivity index (χ2n) is 11.4. The number of Topliss-reactive ketones (excluding diaryl/α,β-unsaturated/α-hetero) is 1. The summed E-state index contributed by atoms with van der Waals surface area (Å²) in [6.07, 6.45) is 9.69. The molecule has 4 heteroatoms. The summed E-state index contributed by atoms with van der Waals surface area (Å²) in [7, 11) is 0. The summed E-state index contributed by atoms with van der Waals surface area (Å²) in [5.74, 6) is 4.56. The predicted molar refractivity (Wildman–Crippen MR) is 139 cm³/mol. The zero-order valence-corrected chi connectivity index (χ0v) is 21.8. The number of piperidine rings is 1. The molecule has 1 aliphatic carbocycles.